The predicted octanol–water partition coefficient (Wildman–Crippen LogP) is 3.44. The summed E-state index contributed by atoms with van der Waals surface area (Å²) in [6, 6.07) is 3.51. The van der Waals surface area contributed by atoms with Gasteiger partial charge in [0, 0.05) is 17.3 Å². The molecule has 1 heterocycles. The first-order chi connectivity index (χ1) is 10.0. The van der Waals surface area contributed by atoms with Crippen LogP contribution in [-0.4, -0.2) is 31.3 Å². The van der Waals surface area contributed by atoms with Gasteiger partial charge in [-0.3, -0.25) is 0 Å². The zero-order valence-electron chi connectivity index (χ0n) is 12.7. The fourth-order valence-corrected chi connectivity index (χ4v) is 2.14. The highest BCUT2D eigenvalue weighted by molar-refractivity contribution is 6.30. The smallest absolute Gasteiger partial charge is 0.164 e. The Kier molecular flexibility index (Phi) is 4.53. The molecule has 0 aliphatic carbocycles. The van der Waals surface area contributed by atoms with Crippen LogP contribution in [0.1, 0.15) is 11.3 Å². The van der Waals surface area contributed by atoms with Crippen LogP contribution in [0.25, 0.3) is 11.4 Å². The normalized spacial score (nSPS) is 10.4. The molecule has 0 amide bonds. The van der Waals surface area contributed by atoms with Gasteiger partial charge in [-0.05, 0) is 19.9 Å². The Morgan fingerprint density at radius 3 is 1.95 bits per heavy atom. The van der Waals surface area contributed by atoms with E-state index in [1.54, 1.807) is 33.5 Å². The highest BCUT2D eigenvalue weighted by Gasteiger charge is 2.17. The maximum Gasteiger partial charge on any atom is 0.164 e. The number of benzene rings is 1. The van der Waals surface area contributed by atoms with Crippen LogP contribution in [0.15, 0.2) is 12.1 Å². The Morgan fingerprint density at radius 2 is 1.43 bits per heavy atom. The molecule has 0 bridgehead atoms. The SMILES string of the molecule is COc1cc(OC)c(-c2nc(C)c(C)c(Cl)n2)cc1OC. The minimum Gasteiger partial charge on any atom is -0.496 e. The lowest BCUT2D eigenvalue weighted by Gasteiger charge is -2.14. The number of aromatic nitrogens is 2. The number of halogens is 1. The van der Waals surface area contributed by atoms with Gasteiger partial charge in [-0.25, -0.2) is 9.97 Å². The van der Waals surface area contributed by atoms with Gasteiger partial charge in [-0.1, -0.05) is 11.6 Å². The highest BCUT2D eigenvalue weighted by Crippen LogP contribution is 2.39. The standard InChI is InChI=1S/C15H17ClN2O3/c1-8-9(2)17-15(18-14(8)16)10-6-12(20-4)13(21-5)7-11(10)19-3/h6-7H,1-5H3. The number of aryl methyl sites for hydroxylation is 1. The Hall–Kier alpha value is -2.01. The maximum atomic E-state index is 6.15. The van der Waals surface area contributed by atoms with Crippen molar-refractivity contribution >= 4 is 11.6 Å². The van der Waals surface area contributed by atoms with Gasteiger partial charge < -0.3 is 14.2 Å². The molecular weight excluding hydrogens is 292 g/mol. The van der Waals surface area contributed by atoms with E-state index in [2.05, 4.69) is 9.97 Å². The summed E-state index contributed by atoms with van der Waals surface area (Å²) >= 11 is 6.15. The van der Waals surface area contributed by atoms with Crippen LogP contribution >= 0.6 is 11.6 Å². The van der Waals surface area contributed by atoms with Gasteiger partial charge in [0.25, 0.3) is 0 Å². The van der Waals surface area contributed by atoms with Gasteiger partial charge in [0.05, 0.1) is 26.9 Å². The number of hydrogen-bond donors (Lipinski definition) is 0. The molecule has 0 aliphatic heterocycles. The van der Waals surface area contributed by atoms with Crippen molar-refractivity contribution in [3.05, 3.63) is 28.5 Å². The van der Waals surface area contributed by atoms with Gasteiger partial charge in [0.2, 0.25) is 0 Å². The minimum absolute atomic E-state index is 0.425. The average molecular weight is 309 g/mol. The summed E-state index contributed by atoms with van der Waals surface area (Å²) in [6.45, 7) is 3.77. The molecule has 0 saturated carbocycles. The van der Waals surface area contributed by atoms with Gasteiger partial charge in [-0.2, -0.15) is 0 Å². The van der Waals surface area contributed by atoms with Gasteiger partial charge >= 0.3 is 0 Å². The van der Waals surface area contributed by atoms with Crippen LogP contribution in [0.4, 0.5) is 0 Å². The lowest BCUT2D eigenvalue weighted by atomic mass is 10.1. The summed E-state index contributed by atoms with van der Waals surface area (Å²) in [5.74, 6) is 2.23. The lowest BCUT2D eigenvalue weighted by Crippen LogP contribution is -2.00. The first kappa shape index (κ1) is 15.4. The summed E-state index contributed by atoms with van der Waals surface area (Å²) in [6.07, 6.45) is 0. The molecule has 0 N–H and O–H groups in total. The fraction of sp³-hybridized carbons (Fsp3) is 0.333. The number of hydrogen-bond acceptors (Lipinski definition) is 5. The van der Waals surface area contributed by atoms with E-state index in [-0.39, 0.29) is 0 Å². The van der Waals surface area contributed by atoms with Crippen molar-refractivity contribution in [1.29, 1.82) is 0 Å². The molecule has 1 aromatic carbocycles. The van der Waals surface area contributed by atoms with Crippen molar-refractivity contribution in [2.45, 2.75) is 13.8 Å². The van der Waals surface area contributed by atoms with Crippen molar-refractivity contribution in [3.63, 3.8) is 0 Å². The van der Waals surface area contributed by atoms with Crippen LogP contribution in [0, 0.1) is 13.8 Å². The van der Waals surface area contributed by atoms with Crippen LogP contribution in [0.3, 0.4) is 0 Å². The molecule has 0 unspecified atom stereocenters. The van der Waals surface area contributed by atoms with Crippen LogP contribution < -0.4 is 14.2 Å². The van der Waals surface area contributed by atoms with Crippen LogP contribution in [0.2, 0.25) is 5.15 Å². The molecule has 5 nitrogen and oxygen atoms in total. The second-order valence-electron chi connectivity index (χ2n) is 4.46. The first-order valence-electron chi connectivity index (χ1n) is 6.33. The van der Waals surface area contributed by atoms with Crippen molar-refractivity contribution in [3.8, 4) is 28.6 Å². The molecule has 0 aliphatic rings. The Bertz CT molecular complexity index is 651. The molecule has 21 heavy (non-hydrogen) atoms. The Balaban J connectivity index is 2.67. The lowest BCUT2D eigenvalue weighted by molar-refractivity contribution is 0.349. The van der Waals surface area contributed by atoms with Crippen LogP contribution in [-0.2, 0) is 0 Å². The molecule has 0 fully saturated rings. The molecule has 112 valence electrons. The molecule has 0 radical (unpaired) electrons. The highest BCUT2D eigenvalue weighted by atomic mass is 35.5. The van der Waals surface area contributed by atoms with Crippen molar-refractivity contribution in [2.75, 3.05) is 21.3 Å². The van der Waals surface area contributed by atoms with Crippen LogP contribution in [0.5, 0.6) is 17.2 Å². The molecule has 0 spiro atoms. The van der Waals surface area contributed by atoms with E-state index in [0.717, 1.165) is 11.3 Å². The molecule has 0 saturated heterocycles. The third-order valence-electron chi connectivity index (χ3n) is 3.28. The van der Waals surface area contributed by atoms with Gasteiger partial charge in [0.1, 0.15) is 10.9 Å². The van der Waals surface area contributed by atoms with Gasteiger partial charge in [-0.15, -0.1) is 0 Å². The van der Waals surface area contributed by atoms with E-state index in [4.69, 9.17) is 25.8 Å². The monoisotopic (exact) mass is 308 g/mol. The summed E-state index contributed by atoms with van der Waals surface area (Å²) in [7, 11) is 4.72. The van der Waals surface area contributed by atoms with Crippen molar-refractivity contribution in [2.24, 2.45) is 0 Å². The number of ether oxygens (including phenoxy) is 3. The molecule has 0 atom stereocenters. The van der Waals surface area contributed by atoms with Crippen molar-refractivity contribution < 1.29 is 14.2 Å². The number of methoxy groups -OCH3 is 3. The summed E-state index contributed by atoms with van der Waals surface area (Å²) in [5, 5.41) is 0.425. The number of nitrogens with zero attached hydrogens (tertiary/aromatic N) is 2. The average Bonchev–Trinajstić information content (AvgIpc) is 2.50. The van der Waals surface area contributed by atoms with E-state index in [1.165, 1.54) is 0 Å². The van der Waals surface area contributed by atoms with E-state index in [0.29, 0.717) is 33.8 Å². The first-order valence-corrected chi connectivity index (χ1v) is 6.70. The summed E-state index contributed by atoms with van der Waals surface area (Å²) in [4.78, 5) is 8.79. The summed E-state index contributed by atoms with van der Waals surface area (Å²) in [5.41, 5.74) is 2.38. The van der Waals surface area contributed by atoms with E-state index in [1.807, 2.05) is 13.8 Å². The van der Waals surface area contributed by atoms with E-state index < -0.39 is 0 Å². The molecule has 2 rings (SSSR count). The van der Waals surface area contributed by atoms with Crippen molar-refractivity contribution in [1.82, 2.24) is 9.97 Å². The zero-order valence-corrected chi connectivity index (χ0v) is 13.4. The molecular formula is C15H17ClN2O3. The largest absolute Gasteiger partial charge is 0.496 e. The Morgan fingerprint density at radius 1 is 0.857 bits per heavy atom. The third kappa shape index (κ3) is 2.88. The number of rotatable bonds is 4. The topological polar surface area (TPSA) is 53.5 Å². The predicted molar refractivity (Wildman–Crippen MR) is 81.6 cm³/mol. The van der Waals surface area contributed by atoms with Gasteiger partial charge in [0.15, 0.2) is 17.3 Å². The fourth-order valence-electron chi connectivity index (χ4n) is 1.92. The Labute approximate surface area is 128 Å². The summed E-state index contributed by atoms with van der Waals surface area (Å²) < 4.78 is 16.0. The molecule has 1 aromatic heterocycles. The van der Waals surface area contributed by atoms with E-state index in [9.17, 15) is 0 Å². The zero-order chi connectivity index (χ0) is 15.6. The third-order valence-corrected chi connectivity index (χ3v) is 3.64. The second-order valence-corrected chi connectivity index (χ2v) is 4.81. The quantitative estimate of drug-likeness (QED) is 0.810. The molecule has 2 aromatic rings. The maximum absolute atomic E-state index is 6.15. The molecule has 6 heteroatoms. The minimum atomic E-state index is 0.425. The van der Waals surface area contributed by atoms with E-state index >= 15 is 0 Å². The second kappa shape index (κ2) is 6.18.